The van der Waals surface area contributed by atoms with Crippen molar-refractivity contribution in [3.8, 4) is 0 Å². The summed E-state index contributed by atoms with van der Waals surface area (Å²) >= 11 is 0. The molecule has 2 amide bonds. The van der Waals surface area contributed by atoms with Crippen molar-refractivity contribution in [2.24, 2.45) is 5.92 Å². The van der Waals surface area contributed by atoms with Gasteiger partial charge in [-0.1, -0.05) is 42.5 Å². The standard InChI is InChI=1S/C28H33N3O3/c32-27(29-12-14-34-15-13-29)22-8-5-11-30(17-22)23-18-31(19-23)28(33)26-24-9-3-1-6-20(24)16-21-7-2-4-10-25(21)26/h1,3-4,6,9-10,16,22-23H,2,5,7-8,11-15,17-19H2. The van der Waals surface area contributed by atoms with E-state index < -0.39 is 0 Å². The van der Waals surface area contributed by atoms with Crippen molar-refractivity contribution in [2.45, 2.75) is 31.7 Å². The molecule has 0 bridgehead atoms. The summed E-state index contributed by atoms with van der Waals surface area (Å²) in [7, 11) is 0. The molecule has 34 heavy (non-hydrogen) atoms. The minimum Gasteiger partial charge on any atom is -0.378 e. The van der Waals surface area contributed by atoms with Gasteiger partial charge in [0.05, 0.1) is 24.7 Å². The molecule has 3 heterocycles. The first-order valence-corrected chi connectivity index (χ1v) is 12.8. The van der Waals surface area contributed by atoms with Crippen molar-refractivity contribution in [1.29, 1.82) is 0 Å². The van der Waals surface area contributed by atoms with Gasteiger partial charge in [0.1, 0.15) is 0 Å². The first-order chi connectivity index (χ1) is 16.7. The molecule has 1 unspecified atom stereocenters. The molecule has 3 aliphatic heterocycles. The summed E-state index contributed by atoms with van der Waals surface area (Å²) < 4.78 is 5.41. The molecular weight excluding hydrogens is 426 g/mol. The van der Waals surface area contributed by atoms with Crippen molar-refractivity contribution in [1.82, 2.24) is 14.7 Å². The number of carbonyl (C=O) groups excluding carboxylic acids is 2. The van der Waals surface area contributed by atoms with E-state index in [1.54, 1.807) is 0 Å². The number of allylic oxidation sites excluding steroid dienone is 1. The summed E-state index contributed by atoms with van der Waals surface area (Å²) in [6, 6.07) is 10.9. The highest BCUT2D eigenvalue weighted by molar-refractivity contribution is 6.11. The zero-order chi connectivity index (χ0) is 23.1. The van der Waals surface area contributed by atoms with Crippen LogP contribution in [0.2, 0.25) is 0 Å². The maximum Gasteiger partial charge on any atom is 0.255 e. The van der Waals surface area contributed by atoms with Crippen LogP contribution in [0.5, 0.6) is 0 Å². The second-order valence-corrected chi connectivity index (χ2v) is 10.1. The summed E-state index contributed by atoms with van der Waals surface area (Å²) in [6.07, 6.45) is 8.37. The van der Waals surface area contributed by atoms with Crippen molar-refractivity contribution >= 4 is 28.7 Å². The number of hydrogen-bond acceptors (Lipinski definition) is 4. The maximum atomic E-state index is 13.7. The highest BCUT2D eigenvalue weighted by Crippen LogP contribution is 2.33. The molecule has 0 aromatic heterocycles. The van der Waals surface area contributed by atoms with Crippen LogP contribution in [0.4, 0.5) is 0 Å². The summed E-state index contributed by atoms with van der Waals surface area (Å²) in [4.78, 5) is 33.2. The molecule has 6 heteroatoms. The van der Waals surface area contributed by atoms with Crippen LogP contribution in [-0.2, 0) is 16.0 Å². The summed E-state index contributed by atoms with van der Waals surface area (Å²) in [6.45, 7) is 6.05. The SMILES string of the molecule is O=C(c1c2c(cc3ccccc13)CCC=C2)N1CC(N2CCCC(C(=O)N3CCOCC3)C2)C1. The number of piperidine rings is 1. The van der Waals surface area contributed by atoms with E-state index in [-0.39, 0.29) is 17.7 Å². The third kappa shape index (κ3) is 3.93. The number of nitrogens with zero attached hydrogens (tertiary/aromatic N) is 3. The number of aryl methyl sites for hydroxylation is 1. The minimum absolute atomic E-state index is 0.0758. The Labute approximate surface area is 201 Å². The number of carbonyl (C=O) groups is 2. The Bertz CT molecular complexity index is 1130. The number of ether oxygens (including phenoxy) is 1. The van der Waals surface area contributed by atoms with Gasteiger partial charge in [0.15, 0.2) is 0 Å². The maximum absolute atomic E-state index is 13.7. The second kappa shape index (κ2) is 9.16. The van der Waals surface area contributed by atoms with Gasteiger partial charge >= 0.3 is 0 Å². The van der Waals surface area contributed by atoms with Gasteiger partial charge in [-0.2, -0.15) is 0 Å². The lowest BCUT2D eigenvalue weighted by atomic mass is 9.87. The van der Waals surface area contributed by atoms with Crippen molar-refractivity contribution in [2.75, 3.05) is 52.5 Å². The summed E-state index contributed by atoms with van der Waals surface area (Å²) in [5.74, 6) is 0.509. The minimum atomic E-state index is 0.0758. The van der Waals surface area contributed by atoms with E-state index in [4.69, 9.17) is 4.74 Å². The van der Waals surface area contributed by atoms with E-state index in [2.05, 4.69) is 35.3 Å². The third-order valence-corrected chi connectivity index (χ3v) is 8.04. The van der Waals surface area contributed by atoms with E-state index in [0.717, 1.165) is 73.8 Å². The monoisotopic (exact) mass is 459 g/mol. The van der Waals surface area contributed by atoms with Gasteiger partial charge in [0.25, 0.3) is 5.91 Å². The van der Waals surface area contributed by atoms with Gasteiger partial charge in [0.2, 0.25) is 5.91 Å². The number of hydrogen-bond donors (Lipinski definition) is 0. The predicted molar refractivity (Wildman–Crippen MR) is 133 cm³/mol. The molecule has 2 aromatic rings. The topological polar surface area (TPSA) is 53.1 Å². The Hall–Kier alpha value is -2.70. The van der Waals surface area contributed by atoms with Crippen molar-refractivity contribution < 1.29 is 14.3 Å². The van der Waals surface area contributed by atoms with Gasteiger partial charge in [-0.15, -0.1) is 0 Å². The quantitative estimate of drug-likeness (QED) is 0.708. The van der Waals surface area contributed by atoms with Gasteiger partial charge < -0.3 is 14.5 Å². The Balaban J connectivity index is 1.15. The average molecular weight is 460 g/mol. The molecule has 3 saturated heterocycles. The Morgan fingerprint density at radius 1 is 0.971 bits per heavy atom. The lowest BCUT2D eigenvalue weighted by Gasteiger charge is -2.48. The number of likely N-dealkylation sites (tertiary alicyclic amines) is 2. The number of amides is 2. The van der Waals surface area contributed by atoms with Gasteiger partial charge in [-0.05, 0) is 54.1 Å². The fourth-order valence-electron chi connectivity index (χ4n) is 6.08. The number of fused-ring (bicyclic) bond motifs is 2. The Kier molecular flexibility index (Phi) is 5.87. The van der Waals surface area contributed by atoms with Crippen molar-refractivity contribution in [3.05, 3.63) is 53.1 Å². The summed E-state index contributed by atoms with van der Waals surface area (Å²) in [5.41, 5.74) is 3.25. The molecule has 0 saturated carbocycles. The zero-order valence-electron chi connectivity index (χ0n) is 19.7. The predicted octanol–water partition coefficient (Wildman–Crippen LogP) is 3.19. The van der Waals surface area contributed by atoms with Crippen LogP contribution in [0.15, 0.2) is 36.4 Å². The molecule has 4 aliphatic rings. The molecule has 6 nitrogen and oxygen atoms in total. The molecule has 6 rings (SSSR count). The van der Waals surface area contributed by atoms with E-state index >= 15 is 0 Å². The highest BCUT2D eigenvalue weighted by Gasteiger charge is 2.40. The molecule has 2 aromatic carbocycles. The lowest BCUT2D eigenvalue weighted by Crippen LogP contribution is -2.63. The normalized spacial score (nSPS) is 23.6. The van der Waals surface area contributed by atoms with E-state index in [1.165, 1.54) is 5.56 Å². The summed E-state index contributed by atoms with van der Waals surface area (Å²) in [5, 5.41) is 2.20. The second-order valence-electron chi connectivity index (χ2n) is 10.1. The Morgan fingerprint density at radius 3 is 2.65 bits per heavy atom. The first-order valence-electron chi connectivity index (χ1n) is 12.8. The molecule has 1 atom stereocenters. The first kappa shape index (κ1) is 21.8. The fraction of sp³-hybridized carbons (Fsp3) is 0.500. The molecule has 0 N–H and O–H groups in total. The van der Waals surface area contributed by atoms with Crippen LogP contribution in [-0.4, -0.2) is 85.0 Å². The molecule has 0 spiro atoms. The molecule has 178 valence electrons. The number of rotatable bonds is 3. The highest BCUT2D eigenvalue weighted by atomic mass is 16.5. The van der Waals surface area contributed by atoms with E-state index in [9.17, 15) is 9.59 Å². The number of morpholine rings is 1. The van der Waals surface area contributed by atoms with E-state index in [0.29, 0.717) is 32.3 Å². The van der Waals surface area contributed by atoms with Crippen LogP contribution in [0.1, 0.15) is 40.7 Å². The van der Waals surface area contributed by atoms with Gasteiger partial charge in [-0.3, -0.25) is 14.5 Å². The Morgan fingerprint density at radius 2 is 1.79 bits per heavy atom. The van der Waals surface area contributed by atoms with Gasteiger partial charge in [0, 0.05) is 38.8 Å². The van der Waals surface area contributed by atoms with Crippen LogP contribution in [0, 0.1) is 5.92 Å². The largest absolute Gasteiger partial charge is 0.378 e. The molecule has 3 fully saturated rings. The van der Waals surface area contributed by atoms with Crippen LogP contribution in [0.25, 0.3) is 16.8 Å². The smallest absolute Gasteiger partial charge is 0.255 e. The van der Waals surface area contributed by atoms with Crippen molar-refractivity contribution in [3.63, 3.8) is 0 Å². The molecular formula is C28H33N3O3. The fourth-order valence-corrected chi connectivity index (χ4v) is 6.08. The number of benzene rings is 2. The van der Waals surface area contributed by atoms with E-state index in [1.807, 2.05) is 21.9 Å². The van der Waals surface area contributed by atoms with Crippen LogP contribution >= 0.6 is 0 Å². The van der Waals surface area contributed by atoms with Gasteiger partial charge in [-0.25, -0.2) is 0 Å². The average Bonchev–Trinajstić information content (AvgIpc) is 2.86. The molecule has 0 radical (unpaired) electrons. The zero-order valence-corrected chi connectivity index (χ0v) is 19.7. The molecule has 1 aliphatic carbocycles. The lowest BCUT2D eigenvalue weighted by molar-refractivity contribution is -0.142. The van der Waals surface area contributed by atoms with Crippen LogP contribution < -0.4 is 0 Å². The van der Waals surface area contributed by atoms with Crippen LogP contribution in [0.3, 0.4) is 0 Å². The third-order valence-electron chi connectivity index (χ3n) is 8.04.